The molecule has 0 radical (unpaired) electrons. The highest BCUT2D eigenvalue weighted by molar-refractivity contribution is 6.31. The Morgan fingerprint density at radius 3 is 2.54 bits per heavy atom. The maximum absolute atomic E-state index is 9.41. The first kappa shape index (κ1) is 10.4. The van der Waals surface area contributed by atoms with Crippen LogP contribution >= 0.6 is 11.6 Å². The van der Waals surface area contributed by atoms with E-state index < -0.39 is 6.10 Å². The van der Waals surface area contributed by atoms with E-state index in [1.54, 1.807) is 20.1 Å². The lowest BCUT2D eigenvalue weighted by atomic mass is 10.1. The zero-order chi connectivity index (χ0) is 10.0. The second-order valence-electron chi connectivity index (χ2n) is 3.02. The van der Waals surface area contributed by atoms with Crippen molar-refractivity contribution >= 4 is 11.6 Å². The van der Waals surface area contributed by atoms with Gasteiger partial charge in [0.05, 0.1) is 13.2 Å². The van der Waals surface area contributed by atoms with Gasteiger partial charge in [-0.2, -0.15) is 0 Å². The molecule has 0 bridgehead atoms. The monoisotopic (exact) mass is 200 g/mol. The lowest BCUT2D eigenvalue weighted by Crippen LogP contribution is -1.97. The third-order valence-electron chi connectivity index (χ3n) is 1.96. The highest BCUT2D eigenvalue weighted by Gasteiger charge is 2.10. The molecule has 2 nitrogen and oxygen atoms in total. The SMILES string of the molecule is COc1cc(C)c(Cl)cc1C(C)O. The van der Waals surface area contributed by atoms with Crippen LogP contribution in [-0.4, -0.2) is 12.2 Å². The average Bonchev–Trinajstić information content (AvgIpc) is 2.08. The van der Waals surface area contributed by atoms with Gasteiger partial charge in [0.2, 0.25) is 0 Å². The van der Waals surface area contributed by atoms with Gasteiger partial charge in [-0.15, -0.1) is 0 Å². The lowest BCUT2D eigenvalue weighted by molar-refractivity contribution is 0.194. The summed E-state index contributed by atoms with van der Waals surface area (Å²) in [7, 11) is 1.58. The lowest BCUT2D eigenvalue weighted by Gasteiger charge is -2.12. The summed E-state index contributed by atoms with van der Waals surface area (Å²) >= 11 is 5.92. The van der Waals surface area contributed by atoms with Gasteiger partial charge in [-0.05, 0) is 31.5 Å². The van der Waals surface area contributed by atoms with Crippen molar-refractivity contribution < 1.29 is 9.84 Å². The number of ether oxygens (including phenoxy) is 1. The topological polar surface area (TPSA) is 29.5 Å². The molecule has 1 aromatic rings. The third kappa shape index (κ3) is 2.14. The number of methoxy groups -OCH3 is 1. The van der Waals surface area contributed by atoms with Crippen molar-refractivity contribution in [2.45, 2.75) is 20.0 Å². The number of aliphatic hydroxyl groups is 1. The fraction of sp³-hybridized carbons (Fsp3) is 0.400. The van der Waals surface area contributed by atoms with E-state index in [2.05, 4.69) is 0 Å². The van der Waals surface area contributed by atoms with Crippen molar-refractivity contribution in [1.82, 2.24) is 0 Å². The first-order chi connectivity index (χ1) is 6.06. The molecule has 0 amide bonds. The summed E-state index contributed by atoms with van der Waals surface area (Å²) in [6, 6.07) is 3.56. The Kier molecular flexibility index (Phi) is 3.17. The highest BCUT2D eigenvalue weighted by atomic mass is 35.5. The molecule has 1 N–H and O–H groups in total. The summed E-state index contributed by atoms with van der Waals surface area (Å²) < 4.78 is 5.12. The first-order valence-corrected chi connectivity index (χ1v) is 4.46. The molecule has 0 saturated carbocycles. The number of aryl methyl sites for hydroxylation is 1. The predicted octanol–water partition coefficient (Wildman–Crippen LogP) is 2.71. The number of hydrogen-bond acceptors (Lipinski definition) is 2. The molecular weight excluding hydrogens is 188 g/mol. The summed E-state index contributed by atoms with van der Waals surface area (Å²) in [4.78, 5) is 0. The first-order valence-electron chi connectivity index (χ1n) is 4.08. The van der Waals surface area contributed by atoms with Crippen molar-refractivity contribution in [2.24, 2.45) is 0 Å². The average molecular weight is 201 g/mol. The molecule has 72 valence electrons. The van der Waals surface area contributed by atoms with Gasteiger partial charge in [-0.25, -0.2) is 0 Å². The second kappa shape index (κ2) is 3.99. The van der Waals surface area contributed by atoms with Crippen LogP contribution in [0, 0.1) is 6.92 Å². The Bertz CT molecular complexity index is 308. The molecule has 0 heterocycles. The van der Waals surface area contributed by atoms with Crippen LogP contribution in [0.1, 0.15) is 24.2 Å². The Morgan fingerprint density at radius 2 is 2.08 bits per heavy atom. The normalized spacial score (nSPS) is 12.7. The molecule has 0 aliphatic carbocycles. The van der Waals surface area contributed by atoms with E-state index in [-0.39, 0.29) is 0 Å². The van der Waals surface area contributed by atoms with E-state index in [1.807, 2.05) is 13.0 Å². The van der Waals surface area contributed by atoms with E-state index in [0.717, 1.165) is 11.1 Å². The number of benzene rings is 1. The largest absolute Gasteiger partial charge is 0.496 e. The number of rotatable bonds is 2. The van der Waals surface area contributed by atoms with Gasteiger partial charge < -0.3 is 9.84 Å². The van der Waals surface area contributed by atoms with Crippen LogP contribution in [0.5, 0.6) is 5.75 Å². The fourth-order valence-corrected chi connectivity index (χ4v) is 1.35. The van der Waals surface area contributed by atoms with Crippen molar-refractivity contribution in [3.8, 4) is 5.75 Å². The van der Waals surface area contributed by atoms with Crippen LogP contribution in [0.2, 0.25) is 5.02 Å². The standard InChI is InChI=1S/C10H13ClO2/c1-6-4-10(13-3)8(7(2)12)5-9(6)11/h4-5,7,12H,1-3H3. The summed E-state index contributed by atoms with van der Waals surface area (Å²) in [5.74, 6) is 0.678. The minimum absolute atomic E-state index is 0.562. The molecule has 0 saturated heterocycles. The Labute approximate surface area is 83.1 Å². The van der Waals surface area contributed by atoms with E-state index in [4.69, 9.17) is 16.3 Å². The van der Waals surface area contributed by atoms with Crippen LogP contribution in [0.3, 0.4) is 0 Å². The summed E-state index contributed by atoms with van der Waals surface area (Å²) in [5, 5.41) is 10.1. The van der Waals surface area contributed by atoms with Crippen molar-refractivity contribution in [1.29, 1.82) is 0 Å². The summed E-state index contributed by atoms with van der Waals surface area (Å²) in [6.45, 7) is 3.58. The fourth-order valence-electron chi connectivity index (χ4n) is 1.17. The Morgan fingerprint density at radius 1 is 1.46 bits per heavy atom. The predicted molar refractivity (Wildman–Crippen MR) is 53.4 cm³/mol. The summed E-state index contributed by atoms with van der Waals surface area (Å²) in [6.07, 6.45) is -0.562. The molecule has 1 atom stereocenters. The molecule has 0 spiro atoms. The Balaban J connectivity index is 3.25. The van der Waals surface area contributed by atoms with E-state index in [9.17, 15) is 5.11 Å². The van der Waals surface area contributed by atoms with E-state index in [1.165, 1.54) is 0 Å². The number of aliphatic hydroxyl groups excluding tert-OH is 1. The smallest absolute Gasteiger partial charge is 0.125 e. The third-order valence-corrected chi connectivity index (χ3v) is 2.37. The van der Waals surface area contributed by atoms with Crippen molar-refractivity contribution in [3.63, 3.8) is 0 Å². The number of hydrogen-bond donors (Lipinski definition) is 1. The quantitative estimate of drug-likeness (QED) is 0.796. The van der Waals surface area contributed by atoms with E-state index in [0.29, 0.717) is 10.8 Å². The molecule has 3 heteroatoms. The van der Waals surface area contributed by atoms with Gasteiger partial charge >= 0.3 is 0 Å². The molecule has 0 fully saturated rings. The highest BCUT2D eigenvalue weighted by Crippen LogP contribution is 2.30. The molecule has 1 unspecified atom stereocenters. The minimum Gasteiger partial charge on any atom is -0.496 e. The molecule has 1 aromatic carbocycles. The van der Waals surface area contributed by atoms with Crippen LogP contribution in [0.25, 0.3) is 0 Å². The maximum Gasteiger partial charge on any atom is 0.125 e. The van der Waals surface area contributed by atoms with Gasteiger partial charge in [-0.3, -0.25) is 0 Å². The number of halogens is 1. The van der Waals surface area contributed by atoms with Gasteiger partial charge in [-0.1, -0.05) is 11.6 Å². The Hall–Kier alpha value is -0.730. The van der Waals surface area contributed by atoms with Gasteiger partial charge in [0.15, 0.2) is 0 Å². The van der Waals surface area contributed by atoms with E-state index >= 15 is 0 Å². The maximum atomic E-state index is 9.41. The minimum atomic E-state index is -0.562. The molecule has 0 aliphatic rings. The van der Waals surface area contributed by atoms with Crippen molar-refractivity contribution in [2.75, 3.05) is 7.11 Å². The van der Waals surface area contributed by atoms with Crippen molar-refractivity contribution in [3.05, 3.63) is 28.3 Å². The van der Waals surface area contributed by atoms with Crippen LogP contribution < -0.4 is 4.74 Å². The molecule has 1 rings (SSSR count). The summed E-state index contributed by atoms with van der Waals surface area (Å²) in [5.41, 5.74) is 1.67. The van der Waals surface area contributed by atoms with Gasteiger partial charge in [0.1, 0.15) is 5.75 Å². The zero-order valence-electron chi connectivity index (χ0n) is 7.97. The second-order valence-corrected chi connectivity index (χ2v) is 3.43. The van der Waals surface area contributed by atoms with Crippen LogP contribution in [-0.2, 0) is 0 Å². The molecule has 13 heavy (non-hydrogen) atoms. The van der Waals surface area contributed by atoms with Crippen LogP contribution in [0.4, 0.5) is 0 Å². The zero-order valence-corrected chi connectivity index (χ0v) is 8.72. The molecule has 0 aromatic heterocycles. The van der Waals surface area contributed by atoms with Gasteiger partial charge in [0.25, 0.3) is 0 Å². The van der Waals surface area contributed by atoms with Gasteiger partial charge in [0, 0.05) is 10.6 Å². The van der Waals surface area contributed by atoms with Crippen LogP contribution in [0.15, 0.2) is 12.1 Å². The molecule has 0 aliphatic heterocycles. The molecular formula is C10H13ClO2.